The standard InChI is InChI=1S/C55H109N2O6P/c1-6-8-10-12-14-16-18-20-22-24-26-28-30-32-34-36-38-40-42-44-46-48-54(58)53(52-63-64(60,61)62-51-50-57(3,4)5)56-55(59)49-47-45-43-41-39-37-35-33-31-29-27-25-23-21-19-17-15-13-11-9-7-2/h29,31,46,48,53-54,58H,6-28,30,32-45,47,49-52H2,1-5H3,(H-,56,59,60,61)/p+1/b31-29-,48-46+. The monoisotopic (exact) mass is 926 g/mol. The highest BCUT2D eigenvalue weighted by molar-refractivity contribution is 7.47. The molecular formula is C55H110N2O6P+. The molecule has 0 aliphatic carbocycles. The molecule has 0 fully saturated rings. The molecule has 1 amide bonds. The lowest BCUT2D eigenvalue weighted by molar-refractivity contribution is -0.870. The summed E-state index contributed by atoms with van der Waals surface area (Å²) in [6.07, 6.45) is 58.4. The Morgan fingerprint density at radius 3 is 1.20 bits per heavy atom. The van der Waals surface area contributed by atoms with Crippen LogP contribution in [0.25, 0.3) is 0 Å². The van der Waals surface area contributed by atoms with E-state index in [0.29, 0.717) is 17.4 Å². The summed E-state index contributed by atoms with van der Waals surface area (Å²) in [5.74, 6) is -0.178. The van der Waals surface area contributed by atoms with E-state index < -0.39 is 20.0 Å². The van der Waals surface area contributed by atoms with E-state index in [2.05, 4.69) is 31.3 Å². The lowest BCUT2D eigenvalue weighted by Crippen LogP contribution is -2.45. The molecule has 0 aromatic rings. The fourth-order valence-corrected chi connectivity index (χ4v) is 9.01. The second-order valence-electron chi connectivity index (χ2n) is 20.3. The van der Waals surface area contributed by atoms with Crippen molar-refractivity contribution < 1.29 is 32.9 Å². The Balaban J connectivity index is 4.25. The number of phosphoric acid groups is 1. The van der Waals surface area contributed by atoms with E-state index in [4.69, 9.17) is 9.05 Å². The van der Waals surface area contributed by atoms with Crippen LogP contribution in [0.15, 0.2) is 24.3 Å². The summed E-state index contributed by atoms with van der Waals surface area (Å²) in [5.41, 5.74) is 0. The lowest BCUT2D eigenvalue weighted by Gasteiger charge is -2.25. The van der Waals surface area contributed by atoms with Gasteiger partial charge >= 0.3 is 7.82 Å². The number of allylic oxidation sites excluding steroid dienone is 3. The molecule has 0 heterocycles. The number of quaternary nitrogens is 1. The van der Waals surface area contributed by atoms with E-state index in [1.807, 2.05) is 27.2 Å². The highest BCUT2D eigenvalue weighted by Crippen LogP contribution is 2.43. The molecule has 9 heteroatoms. The van der Waals surface area contributed by atoms with Crippen LogP contribution in [0.1, 0.15) is 271 Å². The number of hydrogen-bond donors (Lipinski definition) is 3. The minimum Gasteiger partial charge on any atom is -0.387 e. The van der Waals surface area contributed by atoms with Crippen LogP contribution in [-0.2, 0) is 18.4 Å². The number of likely N-dealkylation sites (N-methyl/N-ethyl adjacent to an activating group) is 1. The van der Waals surface area contributed by atoms with Gasteiger partial charge in [-0.25, -0.2) is 4.57 Å². The molecule has 380 valence electrons. The van der Waals surface area contributed by atoms with E-state index in [-0.39, 0.29) is 19.1 Å². The van der Waals surface area contributed by atoms with Crippen LogP contribution >= 0.6 is 7.82 Å². The van der Waals surface area contributed by atoms with Gasteiger partial charge in [0.25, 0.3) is 0 Å². The number of hydrogen-bond acceptors (Lipinski definition) is 5. The van der Waals surface area contributed by atoms with Gasteiger partial charge in [0.2, 0.25) is 5.91 Å². The molecule has 0 saturated carbocycles. The topological polar surface area (TPSA) is 105 Å². The van der Waals surface area contributed by atoms with Gasteiger partial charge in [0, 0.05) is 6.42 Å². The summed E-state index contributed by atoms with van der Waals surface area (Å²) in [5, 5.41) is 13.9. The van der Waals surface area contributed by atoms with Crippen LogP contribution in [0.3, 0.4) is 0 Å². The third-order valence-electron chi connectivity index (χ3n) is 12.7. The Hall–Kier alpha value is -1.02. The number of carbonyl (C=O) groups excluding carboxylic acids is 1. The van der Waals surface area contributed by atoms with Crippen LogP contribution < -0.4 is 5.32 Å². The van der Waals surface area contributed by atoms with E-state index >= 15 is 0 Å². The second kappa shape index (κ2) is 47.1. The Kier molecular flexibility index (Phi) is 46.3. The molecular weight excluding hydrogens is 816 g/mol. The maximum absolute atomic E-state index is 13.0. The Labute approximate surface area is 398 Å². The smallest absolute Gasteiger partial charge is 0.387 e. The number of unbranched alkanes of at least 4 members (excludes halogenated alkanes) is 36. The minimum absolute atomic E-state index is 0.0622. The molecule has 8 nitrogen and oxygen atoms in total. The number of aliphatic hydroxyl groups is 1. The Bertz CT molecular complexity index is 1090. The number of carbonyl (C=O) groups is 1. The molecule has 0 aliphatic rings. The Morgan fingerprint density at radius 2 is 0.844 bits per heavy atom. The van der Waals surface area contributed by atoms with Crippen LogP contribution in [-0.4, -0.2) is 73.4 Å². The average molecular weight is 926 g/mol. The number of nitrogens with zero attached hydrogens (tertiary/aromatic N) is 1. The van der Waals surface area contributed by atoms with Crippen molar-refractivity contribution >= 4 is 13.7 Å². The second-order valence-corrected chi connectivity index (χ2v) is 21.8. The number of nitrogens with one attached hydrogen (secondary N) is 1. The molecule has 0 saturated heterocycles. The van der Waals surface area contributed by atoms with Crippen molar-refractivity contribution in [3.8, 4) is 0 Å². The number of phosphoric ester groups is 1. The van der Waals surface area contributed by atoms with Gasteiger partial charge in [0.05, 0.1) is 39.9 Å². The van der Waals surface area contributed by atoms with Crippen molar-refractivity contribution in [1.29, 1.82) is 0 Å². The maximum Gasteiger partial charge on any atom is 0.472 e. The fraction of sp³-hybridized carbons (Fsp3) is 0.909. The first kappa shape index (κ1) is 63.0. The first-order valence-corrected chi connectivity index (χ1v) is 29.2. The molecule has 0 radical (unpaired) electrons. The molecule has 0 rings (SSSR count). The summed E-state index contributed by atoms with van der Waals surface area (Å²) >= 11 is 0. The summed E-state index contributed by atoms with van der Waals surface area (Å²) in [4.78, 5) is 23.3. The number of rotatable bonds is 51. The number of aliphatic hydroxyl groups excluding tert-OH is 1. The van der Waals surface area contributed by atoms with Gasteiger partial charge in [0.1, 0.15) is 13.2 Å². The fourth-order valence-electron chi connectivity index (χ4n) is 8.27. The van der Waals surface area contributed by atoms with Gasteiger partial charge in [-0.05, 0) is 44.9 Å². The third-order valence-corrected chi connectivity index (χ3v) is 13.6. The molecule has 64 heavy (non-hydrogen) atoms. The predicted octanol–water partition coefficient (Wildman–Crippen LogP) is 16.4. The largest absolute Gasteiger partial charge is 0.472 e. The van der Waals surface area contributed by atoms with E-state index in [9.17, 15) is 19.4 Å². The zero-order valence-electron chi connectivity index (χ0n) is 43.3. The van der Waals surface area contributed by atoms with Crippen molar-refractivity contribution in [3.63, 3.8) is 0 Å². The zero-order chi connectivity index (χ0) is 47.1. The van der Waals surface area contributed by atoms with Gasteiger partial charge < -0.3 is 19.8 Å². The zero-order valence-corrected chi connectivity index (χ0v) is 44.2. The van der Waals surface area contributed by atoms with Crippen molar-refractivity contribution in [2.75, 3.05) is 40.9 Å². The molecule has 3 N–H and O–H groups in total. The molecule has 0 bridgehead atoms. The normalized spacial score (nSPS) is 14.2. The van der Waals surface area contributed by atoms with Crippen molar-refractivity contribution in [1.82, 2.24) is 5.32 Å². The van der Waals surface area contributed by atoms with Crippen molar-refractivity contribution in [2.24, 2.45) is 0 Å². The molecule has 0 aromatic heterocycles. The molecule has 3 unspecified atom stereocenters. The van der Waals surface area contributed by atoms with Gasteiger partial charge in [-0.2, -0.15) is 0 Å². The van der Waals surface area contributed by atoms with Crippen molar-refractivity contribution in [3.05, 3.63) is 24.3 Å². The van der Waals surface area contributed by atoms with Gasteiger partial charge in [-0.3, -0.25) is 13.8 Å². The van der Waals surface area contributed by atoms with Crippen LogP contribution in [0.4, 0.5) is 0 Å². The highest BCUT2D eigenvalue weighted by atomic mass is 31.2. The summed E-state index contributed by atoms with van der Waals surface area (Å²) in [6, 6.07) is -0.847. The van der Waals surface area contributed by atoms with Crippen LogP contribution in [0.2, 0.25) is 0 Å². The molecule has 3 atom stereocenters. The van der Waals surface area contributed by atoms with Crippen LogP contribution in [0.5, 0.6) is 0 Å². The van der Waals surface area contributed by atoms with E-state index in [1.54, 1.807) is 6.08 Å². The van der Waals surface area contributed by atoms with Crippen molar-refractivity contribution in [2.45, 2.75) is 283 Å². The first-order valence-electron chi connectivity index (χ1n) is 27.7. The SMILES string of the molecule is CCCCCCCCCCCC/C=C\CCCCCCCCCC(=O)NC(COP(=O)(O)OCC[N+](C)(C)C)C(O)/C=C/CCCCCCCCCCCCCCCCCCCCC. The Morgan fingerprint density at radius 1 is 0.516 bits per heavy atom. The maximum atomic E-state index is 13.0. The average Bonchev–Trinajstić information content (AvgIpc) is 3.25. The first-order chi connectivity index (χ1) is 31.0. The van der Waals surface area contributed by atoms with Gasteiger partial charge in [-0.1, -0.05) is 244 Å². The van der Waals surface area contributed by atoms with E-state index in [1.165, 1.54) is 212 Å². The summed E-state index contributed by atoms with van der Waals surface area (Å²) in [6.45, 7) is 4.85. The van der Waals surface area contributed by atoms with E-state index in [0.717, 1.165) is 38.5 Å². The molecule has 0 spiro atoms. The minimum atomic E-state index is -4.34. The number of amides is 1. The van der Waals surface area contributed by atoms with Gasteiger partial charge in [0.15, 0.2) is 0 Å². The quantitative estimate of drug-likeness (QED) is 0.0243. The van der Waals surface area contributed by atoms with Gasteiger partial charge in [-0.15, -0.1) is 0 Å². The lowest BCUT2D eigenvalue weighted by atomic mass is 10.0. The highest BCUT2D eigenvalue weighted by Gasteiger charge is 2.27. The van der Waals surface area contributed by atoms with Crippen LogP contribution in [0, 0.1) is 0 Å². The predicted molar refractivity (Wildman–Crippen MR) is 277 cm³/mol. The third kappa shape index (κ3) is 48.9. The molecule has 0 aromatic carbocycles. The summed E-state index contributed by atoms with van der Waals surface area (Å²) in [7, 11) is 1.58. The summed E-state index contributed by atoms with van der Waals surface area (Å²) < 4.78 is 23.7. The molecule has 0 aliphatic heterocycles.